The van der Waals surface area contributed by atoms with E-state index in [4.69, 9.17) is 19.7 Å². The van der Waals surface area contributed by atoms with Gasteiger partial charge in [0.15, 0.2) is 0 Å². The van der Waals surface area contributed by atoms with E-state index in [9.17, 15) is 9.18 Å². The smallest absolute Gasteiger partial charge is 0.337 e. The molecule has 0 spiro atoms. The van der Waals surface area contributed by atoms with Gasteiger partial charge in [-0.3, -0.25) is 4.90 Å². The summed E-state index contributed by atoms with van der Waals surface area (Å²) in [5.74, 6) is 1.32. The van der Waals surface area contributed by atoms with Crippen molar-refractivity contribution < 1.29 is 18.7 Å². The molecule has 0 bridgehead atoms. The van der Waals surface area contributed by atoms with Crippen LogP contribution in [0.15, 0.2) is 72.1 Å². The van der Waals surface area contributed by atoms with Crippen LogP contribution in [0.2, 0.25) is 0 Å². The third-order valence-electron chi connectivity index (χ3n) is 7.47. The van der Waals surface area contributed by atoms with Crippen LogP contribution in [0.4, 0.5) is 10.2 Å². The third kappa shape index (κ3) is 6.35. The van der Waals surface area contributed by atoms with Crippen molar-refractivity contribution >= 4 is 34.2 Å². The Morgan fingerprint density at radius 1 is 1.02 bits per heavy atom. The SMILES string of the molecule is COC(=O)c1ccc2nc(CN3CCN(c4cccc(OCc5ccc(C#N)cc5F)n4)CC3)n(Cc3cccs3)c2c1. The number of methoxy groups -OCH3 is 1. The van der Waals surface area contributed by atoms with E-state index in [1.807, 2.05) is 36.4 Å². The predicted octanol–water partition coefficient (Wildman–Crippen LogP) is 5.24. The average Bonchev–Trinajstić information content (AvgIpc) is 3.68. The first kappa shape index (κ1) is 28.3. The molecule has 0 saturated carbocycles. The van der Waals surface area contributed by atoms with Crippen molar-refractivity contribution in [1.29, 1.82) is 5.26 Å². The number of hydrogen-bond donors (Lipinski definition) is 0. The van der Waals surface area contributed by atoms with Gasteiger partial charge in [-0.15, -0.1) is 11.3 Å². The normalized spacial score (nSPS) is 13.7. The number of benzene rings is 2. The van der Waals surface area contributed by atoms with Crippen LogP contribution in [-0.2, 0) is 24.4 Å². The number of fused-ring (bicyclic) bond motifs is 1. The lowest BCUT2D eigenvalue weighted by Crippen LogP contribution is -2.46. The lowest BCUT2D eigenvalue weighted by Gasteiger charge is -2.35. The second-order valence-corrected chi connectivity index (χ2v) is 11.2. The molecular weight excluding hydrogens is 567 g/mol. The monoisotopic (exact) mass is 596 g/mol. The Hall–Kier alpha value is -4.79. The minimum absolute atomic E-state index is 0.0232. The maximum absolute atomic E-state index is 14.3. The van der Waals surface area contributed by atoms with Crippen molar-refractivity contribution in [3.05, 3.63) is 105 Å². The van der Waals surface area contributed by atoms with Crippen LogP contribution in [0, 0.1) is 17.1 Å². The molecule has 4 heterocycles. The highest BCUT2D eigenvalue weighted by Gasteiger charge is 2.22. The number of piperazine rings is 1. The van der Waals surface area contributed by atoms with E-state index in [1.54, 1.807) is 35.6 Å². The number of carbonyl (C=O) groups excluding carboxylic acids is 1. The number of hydrogen-bond acceptors (Lipinski definition) is 9. The van der Waals surface area contributed by atoms with E-state index >= 15 is 0 Å². The van der Waals surface area contributed by atoms with Gasteiger partial charge in [-0.05, 0) is 47.8 Å². The van der Waals surface area contributed by atoms with Crippen molar-refractivity contribution in [2.45, 2.75) is 19.7 Å². The molecule has 1 fully saturated rings. The molecule has 0 aliphatic carbocycles. The number of nitrogens with zero attached hydrogens (tertiary/aromatic N) is 6. The number of nitriles is 1. The predicted molar refractivity (Wildman–Crippen MR) is 162 cm³/mol. The van der Waals surface area contributed by atoms with Gasteiger partial charge in [0.25, 0.3) is 0 Å². The highest BCUT2D eigenvalue weighted by Crippen LogP contribution is 2.24. The highest BCUT2D eigenvalue weighted by atomic mass is 32.1. The van der Waals surface area contributed by atoms with Gasteiger partial charge in [-0.1, -0.05) is 18.2 Å². The standard InChI is InChI=1S/C32H29FN6O3S/c1-41-32(40)23-9-10-27-28(17-23)39(19-25-4-3-15-43-25)30(35-27)20-37-11-13-38(14-12-37)29-5-2-6-31(36-29)42-21-24-8-7-22(18-34)16-26(24)33/h2-10,15-17H,11-14,19-21H2,1H3. The second-order valence-electron chi connectivity index (χ2n) is 10.2. The van der Waals surface area contributed by atoms with E-state index in [-0.39, 0.29) is 18.1 Å². The molecule has 0 unspecified atom stereocenters. The van der Waals surface area contributed by atoms with Gasteiger partial charge in [0.1, 0.15) is 24.1 Å². The summed E-state index contributed by atoms with van der Waals surface area (Å²) in [7, 11) is 1.39. The molecule has 1 saturated heterocycles. The van der Waals surface area contributed by atoms with E-state index in [0.29, 0.717) is 30.1 Å². The largest absolute Gasteiger partial charge is 0.473 e. The molecule has 3 aromatic heterocycles. The summed E-state index contributed by atoms with van der Waals surface area (Å²) in [6, 6.07) is 21.5. The molecule has 218 valence electrons. The number of anilines is 1. The summed E-state index contributed by atoms with van der Waals surface area (Å²) in [5.41, 5.74) is 2.90. The lowest BCUT2D eigenvalue weighted by molar-refractivity contribution is 0.0601. The number of carbonyl (C=O) groups is 1. The van der Waals surface area contributed by atoms with Gasteiger partial charge in [0.05, 0.1) is 48.4 Å². The summed E-state index contributed by atoms with van der Waals surface area (Å²) < 4.78 is 27.2. The maximum Gasteiger partial charge on any atom is 0.337 e. The van der Waals surface area contributed by atoms with Gasteiger partial charge in [-0.25, -0.2) is 14.2 Å². The lowest BCUT2D eigenvalue weighted by atomic mass is 10.1. The first-order valence-electron chi connectivity index (χ1n) is 13.9. The van der Waals surface area contributed by atoms with Crippen LogP contribution < -0.4 is 9.64 Å². The average molecular weight is 597 g/mol. The first-order valence-corrected chi connectivity index (χ1v) is 14.7. The van der Waals surface area contributed by atoms with Crippen molar-refractivity contribution in [1.82, 2.24) is 19.4 Å². The maximum atomic E-state index is 14.3. The van der Waals surface area contributed by atoms with Gasteiger partial charge in [-0.2, -0.15) is 10.2 Å². The number of esters is 1. The summed E-state index contributed by atoms with van der Waals surface area (Å²) in [4.78, 5) is 27.6. The van der Waals surface area contributed by atoms with Gasteiger partial charge >= 0.3 is 5.97 Å². The number of ether oxygens (including phenoxy) is 2. The van der Waals surface area contributed by atoms with Crippen molar-refractivity contribution in [3.8, 4) is 11.9 Å². The Morgan fingerprint density at radius 3 is 2.63 bits per heavy atom. The van der Waals surface area contributed by atoms with Crippen LogP contribution >= 0.6 is 11.3 Å². The Balaban J connectivity index is 1.12. The van der Waals surface area contributed by atoms with Crippen LogP contribution in [0.5, 0.6) is 5.88 Å². The highest BCUT2D eigenvalue weighted by molar-refractivity contribution is 7.09. The van der Waals surface area contributed by atoms with Gasteiger partial charge in [0, 0.05) is 42.7 Å². The molecule has 43 heavy (non-hydrogen) atoms. The van der Waals surface area contributed by atoms with E-state index in [0.717, 1.165) is 48.9 Å². The topological polar surface area (TPSA) is 96.5 Å². The summed E-state index contributed by atoms with van der Waals surface area (Å²) >= 11 is 1.69. The zero-order chi connectivity index (χ0) is 29.8. The van der Waals surface area contributed by atoms with Crippen LogP contribution in [0.1, 0.15) is 32.2 Å². The fraction of sp³-hybridized carbons (Fsp3) is 0.250. The molecule has 0 radical (unpaired) electrons. The Morgan fingerprint density at radius 2 is 1.88 bits per heavy atom. The van der Waals surface area contributed by atoms with Crippen molar-refractivity contribution in [3.63, 3.8) is 0 Å². The minimum atomic E-state index is -0.473. The number of imidazole rings is 1. The van der Waals surface area contributed by atoms with Gasteiger partial charge in [0.2, 0.25) is 5.88 Å². The fourth-order valence-corrected chi connectivity index (χ4v) is 5.85. The van der Waals surface area contributed by atoms with Crippen LogP contribution in [-0.4, -0.2) is 58.7 Å². The third-order valence-corrected chi connectivity index (χ3v) is 8.33. The molecule has 11 heteroatoms. The van der Waals surface area contributed by atoms with Crippen LogP contribution in [0.25, 0.3) is 11.0 Å². The summed E-state index contributed by atoms with van der Waals surface area (Å²) in [6.45, 7) is 4.56. The molecule has 0 atom stereocenters. The number of halogens is 1. The quantitative estimate of drug-likeness (QED) is 0.213. The molecule has 6 rings (SSSR count). The van der Waals surface area contributed by atoms with E-state index < -0.39 is 5.82 Å². The molecule has 2 aromatic carbocycles. The number of pyridine rings is 1. The number of rotatable bonds is 9. The molecule has 5 aromatic rings. The minimum Gasteiger partial charge on any atom is -0.473 e. The first-order chi connectivity index (χ1) is 21.0. The summed E-state index contributed by atoms with van der Waals surface area (Å²) in [5, 5.41) is 11.0. The molecular formula is C32H29FN6O3S. The molecule has 0 N–H and O–H groups in total. The number of aromatic nitrogens is 3. The summed E-state index contributed by atoms with van der Waals surface area (Å²) in [6.07, 6.45) is 0. The second kappa shape index (κ2) is 12.6. The van der Waals surface area contributed by atoms with Crippen molar-refractivity contribution in [2.75, 3.05) is 38.2 Å². The van der Waals surface area contributed by atoms with E-state index in [2.05, 4.69) is 30.8 Å². The Labute approximate surface area is 252 Å². The number of thiophene rings is 1. The van der Waals surface area contributed by atoms with E-state index in [1.165, 1.54) is 18.1 Å². The Kier molecular flexibility index (Phi) is 8.31. The Bertz CT molecular complexity index is 1790. The molecule has 1 aliphatic rings. The van der Waals surface area contributed by atoms with Crippen LogP contribution in [0.3, 0.4) is 0 Å². The fourth-order valence-electron chi connectivity index (χ4n) is 5.15. The molecule has 0 amide bonds. The van der Waals surface area contributed by atoms with Crippen molar-refractivity contribution in [2.24, 2.45) is 0 Å². The van der Waals surface area contributed by atoms with Gasteiger partial charge < -0.3 is 18.9 Å². The zero-order valence-electron chi connectivity index (χ0n) is 23.6. The zero-order valence-corrected chi connectivity index (χ0v) is 24.4. The molecule has 1 aliphatic heterocycles. The molecule has 9 nitrogen and oxygen atoms in total.